The van der Waals surface area contributed by atoms with Crippen molar-refractivity contribution in [3.8, 4) is 5.75 Å². The fourth-order valence-corrected chi connectivity index (χ4v) is 2.07. The summed E-state index contributed by atoms with van der Waals surface area (Å²) in [7, 11) is 3.24. The topological polar surface area (TPSA) is 65.1 Å². The number of para-hydroxylation sites is 1. The molecule has 0 bridgehead atoms. The van der Waals surface area contributed by atoms with Gasteiger partial charge < -0.3 is 19.1 Å². The van der Waals surface area contributed by atoms with Gasteiger partial charge in [-0.15, -0.1) is 6.58 Å². The second-order valence-corrected chi connectivity index (χ2v) is 5.29. The first-order valence-corrected chi connectivity index (χ1v) is 7.70. The van der Waals surface area contributed by atoms with Gasteiger partial charge in [-0.2, -0.15) is 0 Å². The molecule has 0 fully saturated rings. The molecule has 0 radical (unpaired) electrons. The molecule has 0 heterocycles. The molecule has 2 atom stereocenters. The number of rotatable bonds is 9. The van der Waals surface area contributed by atoms with Gasteiger partial charge in [-0.3, -0.25) is 4.79 Å². The predicted octanol–water partition coefficient (Wildman–Crippen LogP) is 2.35. The molecule has 0 aliphatic heterocycles. The van der Waals surface area contributed by atoms with Gasteiger partial charge in [0, 0.05) is 12.6 Å². The number of carbonyl (C=O) groups excluding carboxylic acids is 2. The summed E-state index contributed by atoms with van der Waals surface area (Å²) in [4.78, 5) is 25.5. The van der Waals surface area contributed by atoms with E-state index >= 15 is 0 Å². The molecule has 6 nitrogen and oxygen atoms in total. The van der Waals surface area contributed by atoms with Crippen molar-refractivity contribution in [1.29, 1.82) is 0 Å². The maximum Gasteiger partial charge on any atom is 0.335 e. The highest BCUT2D eigenvalue weighted by Crippen LogP contribution is 2.28. The number of hydrogen-bond acceptors (Lipinski definition) is 5. The van der Waals surface area contributed by atoms with Crippen LogP contribution in [0.3, 0.4) is 0 Å². The van der Waals surface area contributed by atoms with Crippen molar-refractivity contribution < 1.29 is 23.8 Å². The molecule has 0 saturated carbocycles. The van der Waals surface area contributed by atoms with Gasteiger partial charge in [0.25, 0.3) is 5.91 Å². The van der Waals surface area contributed by atoms with E-state index in [0.29, 0.717) is 5.75 Å². The van der Waals surface area contributed by atoms with Crippen molar-refractivity contribution in [2.75, 3.05) is 27.4 Å². The molecule has 1 aromatic carbocycles. The highest BCUT2D eigenvalue weighted by atomic mass is 16.6. The molecule has 0 N–H and O–H groups in total. The molecule has 0 saturated heterocycles. The first-order valence-electron chi connectivity index (χ1n) is 7.70. The maximum atomic E-state index is 12.2. The van der Waals surface area contributed by atoms with Crippen molar-refractivity contribution in [2.45, 2.75) is 26.0 Å². The Morgan fingerprint density at radius 2 is 1.96 bits per heavy atom. The van der Waals surface area contributed by atoms with Crippen LogP contribution in [0.2, 0.25) is 0 Å². The Labute approximate surface area is 143 Å². The minimum atomic E-state index is -0.743. The van der Waals surface area contributed by atoms with Crippen molar-refractivity contribution >= 4 is 11.9 Å². The van der Waals surface area contributed by atoms with E-state index in [1.165, 1.54) is 11.0 Å². The summed E-state index contributed by atoms with van der Waals surface area (Å²) in [5, 5.41) is 0. The standard InChI is InChI=1S/C18H25NO5/c1-6-11-23-14(3)18(21)24-12-17(20)19(4)13(2)15-9-7-8-10-16(15)22-5/h6-10,13-14H,1,11-12H2,2-5H3. The van der Waals surface area contributed by atoms with E-state index in [-0.39, 0.29) is 25.2 Å². The largest absolute Gasteiger partial charge is 0.496 e. The molecule has 1 amide bonds. The average Bonchev–Trinajstić information content (AvgIpc) is 2.62. The normalized spacial score (nSPS) is 12.8. The fourth-order valence-electron chi connectivity index (χ4n) is 2.07. The van der Waals surface area contributed by atoms with Gasteiger partial charge in [-0.25, -0.2) is 4.79 Å². The Morgan fingerprint density at radius 1 is 1.29 bits per heavy atom. The van der Waals surface area contributed by atoms with E-state index < -0.39 is 12.1 Å². The van der Waals surface area contributed by atoms with Crippen LogP contribution in [0.5, 0.6) is 5.75 Å². The van der Waals surface area contributed by atoms with Gasteiger partial charge in [0.15, 0.2) is 12.7 Å². The summed E-state index contributed by atoms with van der Waals surface area (Å²) in [5.74, 6) is -0.186. The van der Waals surface area contributed by atoms with Gasteiger partial charge in [0.2, 0.25) is 0 Å². The molecule has 2 unspecified atom stereocenters. The van der Waals surface area contributed by atoms with Crippen LogP contribution in [-0.2, 0) is 19.1 Å². The summed E-state index contributed by atoms with van der Waals surface area (Å²) >= 11 is 0. The van der Waals surface area contributed by atoms with Gasteiger partial charge in [-0.1, -0.05) is 24.3 Å². The zero-order valence-corrected chi connectivity index (χ0v) is 14.7. The summed E-state index contributed by atoms with van der Waals surface area (Å²) in [6.45, 7) is 6.86. The predicted molar refractivity (Wildman–Crippen MR) is 90.7 cm³/mol. The van der Waals surface area contributed by atoms with E-state index in [1.54, 1.807) is 21.1 Å². The van der Waals surface area contributed by atoms with Gasteiger partial charge in [0.1, 0.15) is 5.75 Å². The minimum Gasteiger partial charge on any atom is -0.496 e. The summed E-state index contributed by atoms with van der Waals surface area (Å²) in [5.41, 5.74) is 0.880. The molecule has 132 valence electrons. The molecule has 0 aliphatic carbocycles. The average molecular weight is 335 g/mol. The second kappa shape index (κ2) is 9.72. The first-order chi connectivity index (χ1) is 11.4. The summed E-state index contributed by atoms with van der Waals surface area (Å²) in [6, 6.07) is 7.25. The number of likely N-dealkylation sites (N-methyl/N-ethyl adjacent to an activating group) is 1. The van der Waals surface area contributed by atoms with Crippen LogP contribution in [0.25, 0.3) is 0 Å². The van der Waals surface area contributed by atoms with Crippen LogP contribution in [0.4, 0.5) is 0 Å². The van der Waals surface area contributed by atoms with Crippen LogP contribution in [0, 0.1) is 0 Å². The quantitative estimate of drug-likeness (QED) is 0.512. The molecular weight excluding hydrogens is 310 g/mol. The number of benzene rings is 1. The lowest BCUT2D eigenvalue weighted by molar-refractivity contribution is -0.160. The number of carbonyl (C=O) groups is 2. The van der Waals surface area contributed by atoms with E-state index in [4.69, 9.17) is 14.2 Å². The maximum absolute atomic E-state index is 12.2. The Bertz CT molecular complexity index is 572. The third-order valence-corrected chi connectivity index (χ3v) is 3.70. The molecule has 0 aromatic heterocycles. The van der Waals surface area contributed by atoms with Crippen molar-refractivity contribution in [3.05, 3.63) is 42.5 Å². The van der Waals surface area contributed by atoms with E-state index in [1.807, 2.05) is 31.2 Å². The molecule has 0 spiro atoms. The van der Waals surface area contributed by atoms with E-state index in [0.717, 1.165) is 5.56 Å². The molecule has 6 heteroatoms. The lowest BCUT2D eigenvalue weighted by Gasteiger charge is -2.26. The van der Waals surface area contributed by atoms with Gasteiger partial charge in [0.05, 0.1) is 19.8 Å². The zero-order chi connectivity index (χ0) is 18.1. The van der Waals surface area contributed by atoms with E-state index in [9.17, 15) is 9.59 Å². The number of amides is 1. The summed E-state index contributed by atoms with van der Waals surface area (Å²) in [6.07, 6.45) is 0.796. The second-order valence-electron chi connectivity index (χ2n) is 5.29. The van der Waals surface area contributed by atoms with Crippen LogP contribution in [-0.4, -0.2) is 50.3 Å². The highest BCUT2D eigenvalue weighted by molar-refractivity contribution is 5.82. The Morgan fingerprint density at radius 3 is 2.58 bits per heavy atom. The minimum absolute atomic E-state index is 0.221. The number of esters is 1. The SMILES string of the molecule is C=CCOC(C)C(=O)OCC(=O)N(C)C(C)c1ccccc1OC. The Balaban J connectivity index is 2.61. The number of nitrogens with zero attached hydrogens (tertiary/aromatic N) is 1. The lowest BCUT2D eigenvalue weighted by Crippen LogP contribution is -2.35. The molecule has 1 aromatic rings. The van der Waals surface area contributed by atoms with Crippen LogP contribution < -0.4 is 4.74 Å². The fraction of sp³-hybridized carbons (Fsp3) is 0.444. The van der Waals surface area contributed by atoms with Crippen molar-refractivity contribution in [1.82, 2.24) is 4.90 Å². The van der Waals surface area contributed by atoms with Crippen molar-refractivity contribution in [3.63, 3.8) is 0 Å². The zero-order valence-electron chi connectivity index (χ0n) is 14.7. The number of hydrogen-bond donors (Lipinski definition) is 0. The molecule has 1 rings (SSSR count). The van der Waals surface area contributed by atoms with E-state index in [2.05, 4.69) is 6.58 Å². The van der Waals surface area contributed by atoms with Crippen LogP contribution in [0.1, 0.15) is 25.5 Å². The van der Waals surface area contributed by atoms with Crippen LogP contribution >= 0.6 is 0 Å². The van der Waals surface area contributed by atoms with Crippen molar-refractivity contribution in [2.24, 2.45) is 0 Å². The monoisotopic (exact) mass is 335 g/mol. The lowest BCUT2D eigenvalue weighted by atomic mass is 10.1. The van der Waals surface area contributed by atoms with Crippen LogP contribution in [0.15, 0.2) is 36.9 Å². The molecular formula is C18H25NO5. The molecule has 24 heavy (non-hydrogen) atoms. The smallest absolute Gasteiger partial charge is 0.335 e. The number of ether oxygens (including phenoxy) is 3. The van der Waals surface area contributed by atoms with Gasteiger partial charge >= 0.3 is 5.97 Å². The first kappa shape index (κ1) is 19.7. The summed E-state index contributed by atoms with van der Waals surface area (Å²) < 4.78 is 15.5. The Kier molecular flexibility index (Phi) is 7.98. The molecule has 0 aliphatic rings. The third kappa shape index (κ3) is 5.38. The third-order valence-electron chi connectivity index (χ3n) is 3.70. The van der Waals surface area contributed by atoms with Gasteiger partial charge in [-0.05, 0) is 19.9 Å². The number of methoxy groups -OCH3 is 1. The highest BCUT2D eigenvalue weighted by Gasteiger charge is 2.22. The Hall–Kier alpha value is -2.34.